The molecule has 0 radical (unpaired) electrons. The van der Waals surface area contributed by atoms with Crippen molar-refractivity contribution < 1.29 is 22.7 Å². The Kier molecular flexibility index (Phi) is 5.90. The van der Waals surface area contributed by atoms with Crippen LogP contribution in [0.1, 0.15) is 30.6 Å². The fourth-order valence-corrected chi connectivity index (χ4v) is 2.46. The number of sulfone groups is 1. The second kappa shape index (κ2) is 7.21. The zero-order valence-corrected chi connectivity index (χ0v) is 13.1. The molecule has 0 bridgehead atoms. The molecule has 0 unspecified atom stereocenters. The summed E-state index contributed by atoms with van der Waals surface area (Å²) in [5.74, 6) is -1.26. The highest BCUT2D eigenvalue weighted by Gasteiger charge is 2.20. The standard InChI is InChI=1S/C14H19NO5S/c1-4-10(2)15-13(16)9-20-14(17)11-7-5-6-8-12(11)21(3,18)19/h5-8,10H,4,9H2,1-3H3,(H,15,16)/t10-/m0/s1. The molecule has 6 nitrogen and oxygen atoms in total. The van der Waals surface area contributed by atoms with Crippen LogP contribution in [0.15, 0.2) is 29.2 Å². The van der Waals surface area contributed by atoms with Gasteiger partial charge in [-0.15, -0.1) is 0 Å². The van der Waals surface area contributed by atoms with Crippen molar-refractivity contribution in [2.75, 3.05) is 12.9 Å². The summed E-state index contributed by atoms with van der Waals surface area (Å²) in [6.45, 7) is 3.30. The second-order valence-electron chi connectivity index (χ2n) is 4.72. The van der Waals surface area contributed by atoms with Crippen molar-refractivity contribution in [1.82, 2.24) is 5.32 Å². The second-order valence-corrected chi connectivity index (χ2v) is 6.71. The maximum absolute atomic E-state index is 11.9. The minimum atomic E-state index is -3.54. The van der Waals surface area contributed by atoms with E-state index in [0.29, 0.717) is 0 Å². The molecule has 21 heavy (non-hydrogen) atoms. The first kappa shape index (κ1) is 17.2. The fourth-order valence-electron chi connectivity index (χ4n) is 1.59. The highest BCUT2D eigenvalue weighted by Crippen LogP contribution is 2.16. The predicted molar refractivity (Wildman–Crippen MR) is 77.7 cm³/mol. The molecule has 0 saturated carbocycles. The molecule has 1 N–H and O–H groups in total. The molecule has 1 atom stereocenters. The van der Waals surface area contributed by atoms with Crippen molar-refractivity contribution in [2.45, 2.75) is 31.2 Å². The van der Waals surface area contributed by atoms with E-state index in [-0.39, 0.29) is 16.5 Å². The molecule has 0 spiro atoms. The van der Waals surface area contributed by atoms with E-state index in [1.807, 2.05) is 13.8 Å². The maximum atomic E-state index is 11.9. The zero-order chi connectivity index (χ0) is 16.0. The molecule has 116 valence electrons. The molecule has 0 aliphatic rings. The molecule has 1 rings (SSSR count). The molecule has 0 aromatic heterocycles. The van der Waals surface area contributed by atoms with Gasteiger partial charge in [-0.25, -0.2) is 13.2 Å². The summed E-state index contributed by atoms with van der Waals surface area (Å²) in [7, 11) is -3.54. The molecule has 0 aliphatic carbocycles. The van der Waals surface area contributed by atoms with Crippen molar-refractivity contribution in [3.8, 4) is 0 Å². The molecule has 0 fully saturated rings. The number of rotatable bonds is 6. The molecule has 1 amide bonds. The van der Waals surface area contributed by atoms with Gasteiger partial charge < -0.3 is 10.1 Å². The minimum absolute atomic E-state index is 0.0143. The van der Waals surface area contributed by atoms with E-state index >= 15 is 0 Å². The van der Waals surface area contributed by atoms with Gasteiger partial charge in [0.2, 0.25) is 0 Å². The van der Waals surface area contributed by atoms with Crippen molar-refractivity contribution in [2.24, 2.45) is 0 Å². The number of hydrogen-bond acceptors (Lipinski definition) is 5. The van der Waals surface area contributed by atoms with Crippen LogP contribution < -0.4 is 5.32 Å². The van der Waals surface area contributed by atoms with Crippen molar-refractivity contribution in [1.29, 1.82) is 0 Å². The average molecular weight is 313 g/mol. The quantitative estimate of drug-likeness (QED) is 0.796. The molecule has 1 aromatic carbocycles. The first-order valence-corrected chi connectivity index (χ1v) is 8.40. The number of esters is 1. The van der Waals surface area contributed by atoms with Gasteiger partial charge in [-0.05, 0) is 25.5 Å². The van der Waals surface area contributed by atoms with Crippen molar-refractivity contribution >= 4 is 21.7 Å². The van der Waals surface area contributed by atoms with Crippen LogP contribution >= 0.6 is 0 Å². The molecular weight excluding hydrogens is 294 g/mol. The Labute approximate surface area is 124 Å². The first-order valence-electron chi connectivity index (χ1n) is 6.51. The van der Waals surface area contributed by atoms with Crippen LogP contribution in [-0.2, 0) is 19.4 Å². The Morgan fingerprint density at radius 1 is 1.29 bits per heavy atom. The highest BCUT2D eigenvalue weighted by atomic mass is 32.2. The number of hydrogen-bond donors (Lipinski definition) is 1. The molecule has 0 aliphatic heterocycles. The lowest BCUT2D eigenvalue weighted by Crippen LogP contribution is -2.35. The summed E-state index contributed by atoms with van der Waals surface area (Å²) in [4.78, 5) is 23.3. The summed E-state index contributed by atoms with van der Waals surface area (Å²) in [5, 5.41) is 2.65. The van der Waals surface area contributed by atoms with E-state index in [2.05, 4.69) is 5.32 Å². The lowest BCUT2D eigenvalue weighted by atomic mass is 10.2. The number of carbonyl (C=O) groups is 2. The van der Waals surface area contributed by atoms with Gasteiger partial charge in [0.15, 0.2) is 16.4 Å². The third-order valence-corrected chi connectivity index (χ3v) is 4.02. The van der Waals surface area contributed by atoms with Gasteiger partial charge >= 0.3 is 5.97 Å². The van der Waals surface area contributed by atoms with Gasteiger partial charge in [0.05, 0.1) is 10.5 Å². The minimum Gasteiger partial charge on any atom is -0.452 e. The number of amides is 1. The molecule has 1 aromatic rings. The number of carbonyl (C=O) groups excluding carboxylic acids is 2. The Morgan fingerprint density at radius 2 is 1.90 bits per heavy atom. The zero-order valence-electron chi connectivity index (χ0n) is 12.3. The Bertz CT molecular complexity index is 624. The fraction of sp³-hybridized carbons (Fsp3) is 0.429. The van der Waals surface area contributed by atoms with Crippen LogP contribution in [0.4, 0.5) is 0 Å². The number of benzene rings is 1. The van der Waals surface area contributed by atoms with Crippen LogP contribution in [0.2, 0.25) is 0 Å². The number of nitrogens with one attached hydrogen (secondary N) is 1. The first-order chi connectivity index (χ1) is 9.75. The highest BCUT2D eigenvalue weighted by molar-refractivity contribution is 7.90. The van der Waals surface area contributed by atoms with Crippen LogP contribution in [0.5, 0.6) is 0 Å². The van der Waals surface area contributed by atoms with Gasteiger partial charge in [0.25, 0.3) is 5.91 Å². The molecule has 0 saturated heterocycles. The van der Waals surface area contributed by atoms with E-state index in [1.54, 1.807) is 0 Å². The Balaban J connectivity index is 2.76. The van der Waals surface area contributed by atoms with E-state index in [0.717, 1.165) is 12.7 Å². The monoisotopic (exact) mass is 313 g/mol. The largest absolute Gasteiger partial charge is 0.452 e. The maximum Gasteiger partial charge on any atom is 0.339 e. The summed E-state index contributed by atoms with van der Waals surface area (Å²) in [5.41, 5.74) is -0.0728. The van der Waals surface area contributed by atoms with Crippen molar-refractivity contribution in [3.05, 3.63) is 29.8 Å². The van der Waals surface area contributed by atoms with Gasteiger partial charge in [-0.3, -0.25) is 4.79 Å². The summed E-state index contributed by atoms with van der Waals surface area (Å²) < 4.78 is 28.0. The van der Waals surface area contributed by atoms with Gasteiger partial charge in [0.1, 0.15) is 0 Å². The smallest absolute Gasteiger partial charge is 0.339 e. The topological polar surface area (TPSA) is 89.5 Å². The third-order valence-electron chi connectivity index (χ3n) is 2.86. The Morgan fingerprint density at radius 3 is 2.48 bits per heavy atom. The van der Waals surface area contributed by atoms with Gasteiger partial charge in [-0.2, -0.15) is 0 Å². The lowest BCUT2D eigenvalue weighted by Gasteiger charge is -2.12. The predicted octanol–water partition coefficient (Wildman–Crippen LogP) is 1.16. The molecular formula is C14H19NO5S. The van der Waals surface area contributed by atoms with Crippen LogP contribution in [-0.4, -0.2) is 39.2 Å². The van der Waals surface area contributed by atoms with Crippen LogP contribution in [0, 0.1) is 0 Å². The Hall–Kier alpha value is -1.89. The van der Waals surface area contributed by atoms with Crippen molar-refractivity contribution in [3.63, 3.8) is 0 Å². The van der Waals surface area contributed by atoms with E-state index < -0.39 is 28.3 Å². The van der Waals surface area contributed by atoms with Crippen LogP contribution in [0.25, 0.3) is 0 Å². The normalized spacial score (nSPS) is 12.5. The average Bonchev–Trinajstić information content (AvgIpc) is 2.43. The van der Waals surface area contributed by atoms with Crippen LogP contribution in [0.3, 0.4) is 0 Å². The van der Waals surface area contributed by atoms with E-state index in [4.69, 9.17) is 4.74 Å². The summed E-state index contributed by atoms with van der Waals surface area (Å²) >= 11 is 0. The summed E-state index contributed by atoms with van der Waals surface area (Å²) in [6, 6.07) is 5.71. The van der Waals surface area contributed by atoms with E-state index in [1.165, 1.54) is 24.3 Å². The third kappa shape index (κ3) is 5.18. The van der Waals surface area contributed by atoms with Gasteiger partial charge in [0, 0.05) is 12.3 Å². The number of ether oxygens (including phenoxy) is 1. The lowest BCUT2D eigenvalue weighted by molar-refractivity contribution is -0.124. The summed E-state index contributed by atoms with van der Waals surface area (Å²) in [6.07, 6.45) is 1.77. The van der Waals surface area contributed by atoms with Gasteiger partial charge in [-0.1, -0.05) is 19.1 Å². The SMILES string of the molecule is CC[C@H](C)NC(=O)COC(=O)c1ccccc1S(C)(=O)=O. The van der Waals surface area contributed by atoms with E-state index in [9.17, 15) is 18.0 Å². The molecule has 0 heterocycles. The molecule has 7 heteroatoms.